The van der Waals surface area contributed by atoms with E-state index in [4.69, 9.17) is 0 Å². The standard InChI is InChI=1S/C18H24N2O2/c1-5-19(13-8-6-7-12-18(2,3)4)15-16-10-9-11-17(14-16)20(21)22/h6,8-11,14H,5,13,15H2,1-4H3. The van der Waals surface area contributed by atoms with E-state index in [1.807, 2.05) is 18.2 Å². The lowest BCUT2D eigenvalue weighted by atomic mass is 9.98. The highest BCUT2D eigenvalue weighted by Crippen LogP contribution is 2.14. The fourth-order valence-electron chi connectivity index (χ4n) is 1.85. The van der Waals surface area contributed by atoms with Crippen LogP contribution in [0.5, 0.6) is 0 Å². The van der Waals surface area contributed by atoms with Crippen molar-refractivity contribution in [3.8, 4) is 11.8 Å². The van der Waals surface area contributed by atoms with E-state index in [1.54, 1.807) is 12.1 Å². The van der Waals surface area contributed by atoms with Crippen LogP contribution in [0.15, 0.2) is 36.4 Å². The Bertz CT molecular complexity index is 589. The third-order valence-corrected chi connectivity index (χ3v) is 2.99. The number of likely N-dealkylation sites (N-methyl/N-ethyl adjacent to an activating group) is 1. The van der Waals surface area contributed by atoms with Gasteiger partial charge in [-0.3, -0.25) is 15.0 Å². The Morgan fingerprint density at radius 1 is 1.36 bits per heavy atom. The van der Waals surface area contributed by atoms with Crippen LogP contribution in [-0.4, -0.2) is 22.9 Å². The SMILES string of the molecule is CCN(CC=CC#CC(C)(C)C)Cc1cccc([N+](=O)[O-])c1. The first kappa shape index (κ1) is 17.9. The summed E-state index contributed by atoms with van der Waals surface area (Å²) in [5.41, 5.74) is 1.10. The maximum Gasteiger partial charge on any atom is 0.269 e. The number of nitrogens with zero attached hydrogens (tertiary/aromatic N) is 2. The molecule has 4 heteroatoms. The van der Waals surface area contributed by atoms with Crippen molar-refractivity contribution in [1.29, 1.82) is 0 Å². The fourth-order valence-corrected chi connectivity index (χ4v) is 1.85. The number of allylic oxidation sites excluding steroid dienone is 1. The molecule has 0 amide bonds. The average molecular weight is 300 g/mol. The molecule has 0 aliphatic carbocycles. The normalized spacial score (nSPS) is 11.5. The first-order chi connectivity index (χ1) is 10.3. The molecular formula is C18H24N2O2. The second kappa shape index (κ2) is 8.35. The molecule has 0 radical (unpaired) electrons. The van der Waals surface area contributed by atoms with E-state index in [9.17, 15) is 10.1 Å². The molecule has 0 aliphatic rings. The number of non-ortho nitro benzene ring substituents is 1. The van der Waals surface area contributed by atoms with Gasteiger partial charge < -0.3 is 0 Å². The van der Waals surface area contributed by atoms with Crippen molar-refractivity contribution in [2.24, 2.45) is 5.41 Å². The van der Waals surface area contributed by atoms with Crippen molar-refractivity contribution < 1.29 is 4.92 Å². The summed E-state index contributed by atoms with van der Waals surface area (Å²) in [4.78, 5) is 12.6. The zero-order valence-electron chi connectivity index (χ0n) is 13.8. The first-order valence-corrected chi connectivity index (χ1v) is 7.45. The van der Waals surface area contributed by atoms with Crippen LogP contribution in [0.4, 0.5) is 5.69 Å². The van der Waals surface area contributed by atoms with Gasteiger partial charge in [0.15, 0.2) is 0 Å². The summed E-state index contributed by atoms with van der Waals surface area (Å²) in [7, 11) is 0. The van der Waals surface area contributed by atoms with Crippen molar-refractivity contribution in [1.82, 2.24) is 4.90 Å². The number of nitro benzene ring substituents is 1. The van der Waals surface area contributed by atoms with Crippen LogP contribution in [0, 0.1) is 27.4 Å². The Labute approximate surface area is 133 Å². The highest BCUT2D eigenvalue weighted by atomic mass is 16.6. The van der Waals surface area contributed by atoms with Crippen molar-refractivity contribution in [2.75, 3.05) is 13.1 Å². The Balaban J connectivity index is 2.62. The highest BCUT2D eigenvalue weighted by Gasteiger charge is 2.08. The predicted octanol–water partition coefficient (Wildman–Crippen LogP) is 4.02. The Morgan fingerprint density at radius 2 is 2.09 bits per heavy atom. The van der Waals surface area contributed by atoms with Crippen LogP contribution in [0.25, 0.3) is 0 Å². The third kappa shape index (κ3) is 7.05. The molecule has 0 bridgehead atoms. The highest BCUT2D eigenvalue weighted by molar-refractivity contribution is 5.34. The van der Waals surface area contributed by atoms with Gasteiger partial charge >= 0.3 is 0 Å². The predicted molar refractivity (Wildman–Crippen MR) is 90.4 cm³/mol. The van der Waals surface area contributed by atoms with Gasteiger partial charge in [-0.1, -0.05) is 37.0 Å². The molecule has 0 aromatic heterocycles. The third-order valence-electron chi connectivity index (χ3n) is 2.99. The van der Waals surface area contributed by atoms with Gasteiger partial charge in [0.2, 0.25) is 0 Å². The Hall–Kier alpha value is -2.12. The molecule has 0 N–H and O–H groups in total. The number of hydrogen-bond donors (Lipinski definition) is 0. The van der Waals surface area contributed by atoms with Gasteiger partial charge in [-0.15, -0.1) is 0 Å². The van der Waals surface area contributed by atoms with Gasteiger partial charge in [0.25, 0.3) is 5.69 Å². The topological polar surface area (TPSA) is 46.4 Å². The van der Waals surface area contributed by atoms with Gasteiger partial charge in [0.1, 0.15) is 0 Å². The maximum atomic E-state index is 10.8. The van der Waals surface area contributed by atoms with Crippen LogP contribution in [0.3, 0.4) is 0 Å². The molecule has 0 saturated carbocycles. The minimum absolute atomic E-state index is 0.0117. The smallest absolute Gasteiger partial charge is 0.269 e. The molecule has 0 atom stereocenters. The van der Waals surface area contributed by atoms with Crippen LogP contribution in [0.1, 0.15) is 33.3 Å². The van der Waals surface area contributed by atoms with Gasteiger partial charge in [-0.25, -0.2) is 0 Å². The molecule has 0 spiro atoms. The maximum absolute atomic E-state index is 10.8. The molecule has 1 aromatic carbocycles. The Kier molecular flexibility index (Phi) is 6.81. The second-order valence-corrected chi connectivity index (χ2v) is 6.18. The molecule has 22 heavy (non-hydrogen) atoms. The molecular weight excluding hydrogens is 276 g/mol. The van der Waals surface area contributed by atoms with Gasteiger partial charge in [-0.2, -0.15) is 0 Å². The van der Waals surface area contributed by atoms with Crippen molar-refractivity contribution >= 4 is 5.69 Å². The number of benzene rings is 1. The van der Waals surface area contributed by atoms with Crippen LogP contribution in [0.2, 0.25) is 0 Å². The van der Waals surface area contributed by atoms with Crippen LogP contribution < -0.4 is 0 Å². The van der Waals surface area contributed by atoms with Crippen molar-refractivity contribution in [3.05, 3.63) is 52.1 Å². The van der Waals surface area contributed by atoms with E-state index in [-0.39, 0.29) is 16.0 Å². The summed E-state index contributed by atoms with van der Waals surface area (Å²) in [6.45, 7) is 10.6. The van der Waals surface area contributed by atoms with E-state index in [0.29, 0.717) is 6.54 Å². The molecule has 118 valence electrons. The number of nitro groups is 1. The molecule has 0 saturated heterocycles. The second-order valence-electron chi connectivity index (χ2n) is 6.18. The lowest BCUT2D eigenvalue weighted by Gasteiger charge is -2.18. The van der Waals surface area contributed by atoms with Crippen LogP contribution >= 0.6 is 0 Å². The summed E-state index contributed by atoms with van der Waals surface area (Å²) in [5.74, 6) is 6.20. The molecule has 0 fully saturated rings. The van der Waals surface area contributed by atoms with E-state index >= 15 is 0 Å². The molecule has 1 rings (SSSR count). The van der Waals surface area contributed by atoms with Crippen molar-refractivity contribution in [3.63, 3.8) is 0 Å². The summed E-state index contributed by atoms with van der Waals surface area (Å²) in [6, 6.07) is 6.79. The zero-order chi connectivity index (χ0) is 16.6. The zero-order valence-corrected chi connectivity index (χ0v) is 13.8. The summed E-state index contributed by atoms with van der Waals surface area (Å²) < 4.78 is 0. The number of rotatable bonds is 6. The quantitative estimate of drug-likeness (QED) is 0.453. The van der Waals surface area contributed by atoms with Crippen molar-refractivity contribution in [2.45, 2.75) is 34.2 Å². The minimum Gasteiger partial charge on any atom is -0.296 e. The first-order valence-electron chi connectivity index (χ1n) is 7.45. The van der Waals surface area contributed by atoms with Gasteiger partial charge in [0, 0.05) is 30.6 Å². The summed E-state index contributed by atoms with van der Waals surface area (Å²) >= 11 is 0. The average Bonchev–Trinajstić information content (AvgIpc) is 2.44. The van der Waals surface area contributed by atoms with E-state index in [2.05, 4.69) is 44.4 Å². The molecule has 0 unspecified atom stereocenters. The monoisotopic (exact) mass is 300 g/mol. The number of hydrogen-bond acceptors (Lipinski definition) is 3. The van der Waals surface area contributed by atoms with E-state index < -0.39 is 0 Å². The molecule has 0 aliphatic heterocycles. The summed E-state index contributed by atoms with van der Waals surface area (Å²) in [5, 5.41) is 10.8. The summed E-state index contributed by atoms with van der Waals surface area (Å²) in [6.07, 6.45) is 3.90. The van der Waals surface area contributed by atoms with E-state index in [1.165, 1.54) is 6.07 Å². The van der Waals surface area contributed by atoms with Gasteiger partial charge in [-0.05, 0) is 39.0 Å². The fraction of sp³-hybridized carbons (Fsp3) is 0.444. The Morgan fingerprint density at radius 3 is 2.68 bits per heavy atom. The molecule has 1 aromatic rings. The lowest BCUT2D eigenvalue weighted by molar-refractivity contribution is -0.384. The molecule has 0 heterocycles. The van der Waals surface area contributed by atoms with Gasteiger partial charge in [0.05, 0.1) is 4.92 Å². The van der Waals surface area contributed by atoms with E-state index in [0.717, 1.165) is 18.7 Å². The minimum atomic E-state index is -0.359. The largest absolute Gasteiger partial charge is 0.296 e. The van der Waals surface area contributed by atoms with Crippen LogP contribution in [-0.2, 0) is 6.54 Å². The lowest BCUT2D eigenvalue weighted by Crippen LogP contribution is -2.22. The molecule has 4 nitrogen and oxygen atoms in total.